The van der Waals surface area contributed by atoms with E-state index in [9.17, 15) is 24.3 Å². The number of thioether (sulfide) groups is 1. The van der Waals surface area contributed by atoms with Gasteiger partial charge in [-0.2, -0.15) is 0 Å². The highest BCUT2D eigenvalue weighted by Crippen LogP contribution is 2.42. The van der Waals surface area contributed by atoms with E-state index in [2.05, 4.69) is 26.3 Å². The van der Waals surface area contributed by atoms with Crippen LogP contribution in [-0.2, 0) is 14.3 Å². The van der Waals surface area contributed by atoms with Crippen molar-refractivity contribution in [3.63, 3.8) is 0 Å². The molecule has 2 fully saturated rings. The third kappa shape index (κ3) is 7.35. The Morgan fingerprint density at radius 1 is 0.907 bits per heavy atom. The minimum absolute atomic E-state index is 0.0415. The van der Waals surface area contributed by atoms with Crippen LogP contribution in [0.2, 0.25) is 10.0 Å². The van der Waals surface area contributed by atoms with E-state index < -0.39 is 57.9 Å². The van der Waals surface area contributed by atoms with Gasteiger partial charge in [0.2, 0.25) is 5.91 Å². The van der Waals surface area contributed by atoms with Crippen molar-refractivity contribution in [1.29, 1.82) is 0 Å². The fourth-order valence-electron chi connectivity index (χ4n) is 6.74. The number of halogens is 2. The van der Waals surface area contributed by atoms with Gasteiger partial charge in [0.1, 0.15) is 40.1 Å². The van der Waals surface area contributed by atoms with Crippen molar-refractivity contribution < 1.29 is 38.1 Å². The summed E-state index contributed by atoms with van der Waals surface area (Å²) in [5.41, 5.74) is 0.864. The second kappa shape index (κ2) is 15.0. The number of aromatic nitrogens is 2. The van der Waals surface area contributed by atoms with E-state index in [1.807, 2.05) is 34.6 Å². The molecule has 54 heavy (non-hydrogen) atoms. The van der Waals surface area contributed by atoms with E-state index in [1.165, 1.54) is 11.8 Å². The number of amides is 3. The van der Waals surface area contributed by atoms with Crippen LogP contribution in [-0.4, -0.2) is 90.6 Å². The highest BCUT2D eigenvalue weighted by atomic mass is 35.5. The van der Waals surface area contributed by atoms with Crippen LogP contribution in [0.5, 0.6) is 0 Å². The van der Waals surface area contributed by atoms with E-state index >= 15 is 0 Å². The molecular formula is C37H40Cl2N6O8S. The third-order valence-corrected chi connectivity index (χ3v) is 12.0. The molecular weight excluding hydrogens is 759 g/mol. The summed E-state index contributed by atoms with van der Waals surface area (Å²) >= 11 is 14.0. The van der Waals surface area contributed by atoms with Crippen LogP contribution < -0.4 is 16.0 Å². The first-order valence-corrected chi connectivity index (χ1v) is 18.7. The number of nitrogens with one attached hydrogen (secondary N) is 3. The highest BCUT2D eigenvalue weighted by molar-refractivity contribution is 8.01. The number of aliphatic carboxylic acids is 1. The molecule has 4 aromatic rings. The Kier molecular flexibility index (Phi) is 10.9. The second-order valence-corrected chi connectivity index (χ2v) is 16.8. The van der Waals surface area contributed by atoms with Gasteiger partial charge in [-0.1, -0.05) is 69.9 Å². The summed E-state index contributed by atoms with van der Waals surface area (Å²) in [4.78, 5) is 56.2. The van der Waals surface area contributed by atoms with Crippen LogP contribution in [0.4, 0.5) is 0 Å². The van der Waals surface area contributed by atoms with Crippen LogP contribution in [0, 0.1) is 13.8 Å². The molecule has 17 heteroatoms. The van der Waals surface area contributed by atoms with Crippen molar-refractivity contribution in [2.75, 3.05) is 6.54 Å². The van der Waals surface area contributed by atoms with Crippen LogP contribution in [0.1, 0.15) is 66.9 Å². The van der Waals surface area contributed by atoms with Gasteiger partial charge >= 0.3 is 5.97 Å². The molecule has 4 N–H and O–H groups in total. The van der Waals surface area contributed by atoms with Crippen molar-refractivity contribution in [1.82, 2.24) is 31.2 Å². The number of carboxylic acid groups (broad SMARTS) is 1. The molecule has 2 aromatic carbocycles. The number of aryl methyl sites for hydroxylation is 2. The Balaban J connectivity index is 1.20. The maximum atomic E-state index is 14.6. The fraction of sp³-hybridized carbons (Fsp3) is 0.405. The van der Waals surface area contributed by atoms with Gasteiger partial charge in [-0.15, -0.1) is 11.8 Å². The summed E-state index contributed by atoms with van der Waals surface area (Å²) in [6, 6.07) is 10.9. The number of carbonyl (C=O) groups excluding carboxylic acids is 3. The summed E-state index contributed by atoms with van der Waals surface area (Å²) in [6.45, 7) is 12.3. The lowest BCUT2D eigenvalue weighted by Crippen LogP contribution is -2.59. The number of benzene rings is 2. The first-order valence-electron chi connectivity index (χ1n) is 17.1. The molecule has 5 atom stereocenters. The van der Waals surface area contributed by atoms with E-state index in [4.69, 9.17) is 37.0 Å². The first-order chi connectivity index (χ1) is 25.4. The summed E-state index contributed by atoms with van der Waals surface area (Å²) < 4.78 is 16.2. The molecule has 4 heterocycles. The molecule has 0 bridgehead atoms. The zero-order chi connectivity index (χ0) is 39.3. The van der Waals surface area contributed by atoms with Gasteiger partial charge < -0.3 is 34.4 Å². The number of carbonyl (C=O) groups is 4. The maximum absolute atomic E-state index is 14.6. The predicted molar refractivity (Wildman–Crippen MR) is 202 cm³/mol. The van der Waals surface area contributed by atoms with Gasteiger partial charge in [-0.25, -0.2) is 4.79 Å². The summed E-state index contributed by atoms with van der Waals surface area (Å²) in [5, 5.41) is 27.0. The molecule has 0 radical (unpaired) electrons. The third-order valence-electron chi connectivity index (χ3n) is 9.86. The van der Waals surface area contributed by atoms with E-state index in [1.54, 1.807) is 67.3 Å². The fourth-order valence-corrected chi connectivity index (χ4v) is 8.68. The van der Waals surface area contributed by atoms with Gasteiger partial charge in [0, 0.05) is 15.9 Å². The largest absolute Gasteiger partial charge is 0.480 e. The molecule has 2 aromatic heterocycles. The molecule has 2 saturated heterocycles. The SMILES string of the molecule is Cc1onc(-c2ccccc2Cl)c1C(=O)NCC1OC(C)(C)C(C)N1C(=O)C1NC(C(NC(=O)c2c(-c3ccccc3Cl)noc2C)C(=O)O)SC1(C)C. The van der Waals surface area contributed by atoms with Crippen molar-refractivity contribution in [3.05, 3.63) is 81.2 Å². The normalized spacial score (nSPS) is 22.2. The van der Waals surface area contributed by atoms with Crippen molar-refractivity contribution in [2.24, 2.45) is 0 Å². The van der Waals surface area contributed by atoms with Crippen LogP contribution in [0.25, 0.3) is 22.5 Å². The minimum atomic E-state index is -1.47. The maximum Gasteiger partial charge on any atom is 0.328 e. The Hall–Kier alpha value is -4.41. The summed E-state index contributed by atoms with van der Waals surface area (Å²) in [5.74, 6) is -2.44. The Labute approximate surface area is 325 Å². The average Bonchev–Trinajstić information content (AvgIpc) is 3.83. The average molecular weight is 800 g/mol. The van der Waals surface area contributed by atoms with Crippen molar-refractivity contribution in [2.45, 2.75) is 88.5 Å². The lowest BCUT2D eigenvalue weighted by atomic mass is 9.97. The zero-order valence-electron chi connectivity index (χ0n) is 30.5. The van der Waals surface area contributed by atoms with Gasteiger partial charge in [0.25, 0.3) is 11.8 Å². The van der Waals surface area contributed by atoms with Crippen LogP contribution >= 0.6 is 35.0 Å². The molecule has 14 nitrogen and oxygen atoms in total. The molecule has 2 aliphatic rings. The number of hydrogen-bond acceptors (Lipinski definition) is 11. The predicted octanol–water partition coefficient (Wildman–Crippen LogP) is 5.69. The number of nitrogens with zero attached hydrogens (tertiary/aromatic N) is 3. The molecule has 6 rings (SSSR count). The van der Waals surface area contributed by atoms with Crippen molar-refractivity contribution >= 4 is 58.7 Å². The lowest BCUT2D eigenvalue weighted by molar-refractivity contribution is -0.142. The molecule has 0 aliphatic carbocycles. The molecule has 3 amide bonds. The summed E-state index contributed by atoms with van der Waals surface area (Å²) in [6.07, 6.45) is -0.883. The van der Waals surface area contributed by atoms with Gasteiger partial charge in [0.15, 0.2) is 12.3 Å². The van der Waals surface area contributed by atoms with Crippen LogP contribution in [0.3, 0.4) is 0 Å². The lowest BCUT2D eigenvalue weighted by Gasteiger charge is -2.34. The number of rotatable bonds is 10. The number of carboxylic acids is 1. The number of ether oxygens (including phenoxy) is 1. The molecule has 286 valence electrons. The molecule has 5 unspecified atom stereocenters. The van der Waals surface area contributed by atoms with Crippen LogP contribution in [0.15, 0.2) is 57.6 Å². The molecule has 0 saturated carbocycles. The Bertz CT molecular complexity index is 2120. The standard InChI is InChI=1S/C37H40Cl2N6O8S/c1-17-25(27(43-52-17)20-12-8-10-14-22(20)38)31(46)40-16-24-45(19(3)36(4,5)51-24)34(48)30-37(6,7)54-33(42-30)29(35(49)50)41-32(47)26-18(2)53-44-28(26)21-13-9-11-15-23(21)39/h8-15,19,24,29-30,33,42H,16H2,1-7H3,(H,40,46)(H,41,47)(H,49,50). The molecule has 2 aliphatic heterocycles. The van der Waals surface area contributed by atoms with Gasteiger partial charge in [-0.05, 0) is 60.6 Å². The first kappa shape index (κ1) is 39.3. The molecule has 0 spiro atoms. The van der Waals surface area contributed by atoms with Gasteiger partial charge in [-0.3, -0.25) is 19.7 Å². The van der Waals surface area contributed by atoms with E-state index in [-0.39, 0.29) is 46.5 Å². The minimum Gasteiger partial charge on any atom is -0.480 e. The monoisotopic (exact) mass is 798 g/mol. The Morgan fingerprint density at radius 2 is 1.43 bits per heavy atom. The van der Waals surface area contributed by atoms with E-state index in [0.717, 1.165) is 0 Å². The van der Waals surface area contributed by atoms with Gasteiger partial charge in [0.05, 0.1) is 33.6 Å². The summed E-state index contributed by atoms with van der Waals surface area (Å²) in [7, 11) is 0. The second-order valence-electron chi connectivity index (χ2n) is 14.2. The van der Waals surface area contributed by atoms with E-state index in [0.29, 0.717) is 21.2 Å². The quantitative estimate of drug-likeness (QED) is 0.154. The topological polar surface area (TPSA) is 189 Å². The highest BCUT2D eigenvalue weighted by Gasteiger charge is 2.55. The zero-order valence-corrected chi connectivity index (χ0v) is 32.9. The van der Waals surface area contributed by atoms with Crippen molar-refractivity contribution in [3.8, 4) is 22.5 Å². The Morgan fingerprint density at radius 3 is 1.94 bits per heavy atom. The smallest absolute Gasteiger partial charge is 0.328 e. The number of hydrogen-bond donors (Lipinski definition) is 4.